The summed E-state index contributed by atoms with van der Waals surface area (Å²) in [4.78, 5) is 31.0. The fourth-order valence-electron chi connectivity index (χ4n) is 5.41. The van der Waals surface area contributed by atoms with Crippen molar-refractivity contribution in [3.63, 3.8) is 0 Å². The van der Waals surface area contributed by atoms with E-state index in [2.05, 4.69) is 15.6 Å². The number of aromatic nitrogens is 2. The minimum Gasteiger partial charge on any atom is -0.481 e. The number of aliphatic carboxylic acids is 1. The number of pyridine rings is 1. The number of carbonyl (C=O) groups is 2. The summed E-state index contributed by atoms with van der Waals surface area (Å²) in [6, 6.07) is 12.0. The zero-order valence-corrected chi connectivity index (χ0v) is 19.3. The maximum atomic E-state index is 13.2. The van der Waals surface area contributed by atoms with E-state index in [-0.39, 0.29) is 17.7 Å². The van der Waals surface area contributed by atoms with Gasteiger partial charge in [0, 0.05) is 41.8 Å². The molecule has 1 amide bonds. The van der Waals surface area contributed by atoms with Crippen molar-refractivity contribution in [1.82, 2.24) is 14.5 Å². The van der Waals surface area contributed by atoms with Gasteiger partial charge >= 0.3 is 5.97 Å². The standard InChI is InChI=1S/C26H28ClN3O3/c27-20-9-5-18(6-10-20)15-30-23-16-29(13-11-21(23)22-2-1-12-28-25(22)30)24(31)14-17-3-7-19(8-4-17)26(32)33/h1-2,5-6,9-10,12,17,19H,3-4,7-8,11,13-16H2,(H,32,33). The van der Waals surface area contributed by atoms with E-state index in [1.54, 1.807) is 0 Å². The van der Waals surface area contributed by atoms with Crippen molar-refractivity contribution >= 4 is 34.5 Å². The number of carboxylic acids is 1. The van der Waals surface area contributed by atoms with Crippen LogP contribution in [0.2, 0.25) is 5.02 Å². The SMILES string of the molecule is O=C(O)C1CCC(CC(=O)N2CCc3c(n(Cc4ccc(Cl)cc4)c4ncccc34)C2)CC1. The number of benzene rings is 1. The Morgan fingerprint density at radius 3 is 2.58 bits per heavy atom. The molecule has 1 aliphatic carbocycles. The van der Waals surface area contributed by atoms with Crippen LogP contribution in [-0.4, -0.2) is 38.0 Å². The van der Waals surface area contributed by atoms with E-state index < -0.39 is 5.97 Å². The van der Waals surface area contributed by atoms with Gasteiger partial charge in [-0.15, -0.1) is 0 Å². The Morgan fingerprint density at radius 1 is 1.09 bits per heavy atom. The molecule has 0 spiro atoms. The summed E-state index contributed by atoms with van der Waals surface area (Å²) < 4.78 is 2.24. The zero-order chi connectivity index (χ0) is 22.9. The lowest BCUT2D eigenvalue weighted by Crippen LogP contribution is -2.38. The summed E-state index contributed by atoms with van der Waals surface area (Å²) in [5, 5.41) is 11.1. The summed E-state index contributed by atoms with van der Waals surface area (Å²) in [7, 11) is 0. The van der Waals surface area contributed by atoms with Crippen LogP contribution < -0.4 is 0 Å². The van der Waals surface area contributed by atoms with Crippen LogP contribution in [0.5, 0.6) is 0 Å². The lowest BCUT2D eigenvalue weighted by molar-refractivity contribution is -0.143. The van der Waals surface area contributed by atoms with Gasteiger partial charge in [0.05, 0.1) is 12.5 Å². The molecule has 0 radical (unpaired) electrons. The van der Waals surface area contributed by atoms with Gasteiger partial charge in [-0.2, -0.15) is 0 Å². The fourth-order valence-corrected chi connectivity index (χ4v) is 5.53. The normalized spacial score (nSPS) is 20.6. The maximum Gasteiger partial charge on any atom is 0.306 e. The van der Waals surface area contributed by atoms with Gasteiger partial charge in [-0.1, -0.05) is 23.7 Å². The van der Waals surface area contributed by atoms with Crippen LogP contribution >= 0.6 is 11.6 Å². The summed E-state index contributed by atoms with van der Waals surface area (Å²) >= 11 is 6.07. The third kappa shape index (κ3) is 4.49. The van der Waals surface area contributed by atoms with Crippen molar-refractivity contribution in [3.05, 3.63) is 64.4 Å². The topological polar surface area (TPSA) is 75.4 Å². The highest BCUT2D eigenvalue weighted by atomic mass is 35.5. The predicted molar refractivity (Wildman–Crippen MR) is 127 cm³/mol. The zero-order valence-electron chi connectivity index (χ0n) is 18.5. The number of hydrogen-bond donors (Lipinski definition) is 1. The Bertz CT molecular complexity index is 1180. The molecule has 6 nitrogen and oxygen atoms in total. The van der Waals surface area contributed by atoms with Crippen molar-refractivity contribution in [1.29, 1.82) is 0 Å². The number of halogens is 1. The molecule has 33 heavy (non-hydrogen) atoms. The first-order chi connectivity index (χ1) is 16.0. The number of carboxylic acid groups (broad SMARTS) is 1. The number of nitrogens with zero attached hydrogens (tertiary/aromatic N) is 3. The Labute approximate surface area is 198 Å². The summed E-state index contributed by atoms with van der Waals surface area (Å²) in [5.74, 6) is -0.484. The summed E-state index contributed by atoms with van der Waals surface area (Å²) in [5.41, 5.74) is 4.55. The van der Waals surface area contributed by atoms with Gasteiger partial charge in [-0.05, 0) is 73.4 Å². The quantitative estimate of drug-likeness (QED) is 0.581. The van der Waals surface area contributed by atoms with Gasteiger partial charge < -0.3 is 14.6 Å². The van der Waals surface area contributed by atoms with Crippen molar-refractivity contribution in [2.24, 2.45) is 11.8 Å². The molecule has 1 aromatic carbocycles. The summed E-state index contributed by atoms with van der Waals surface area (Å²) in [6.07, 6.45) is 6.16. The van der Waals surface area contributed by atoms with E-state index in [1.165, 1.54) is 10.9 Å². The molecule has 1 saturated carbocycles. The van der Waals surface area contributed by atoms with Gasteiger partial charge in [0.1, 0.15) is 5.65 Å². The summed E-state index contributed by atoms with van der Waals surface area (Å²) in [6.45, 7) is 1.98. The lowest BCUT2D eigenvalue weighted by atomic mass is 9.80. The Hall–Kier alpha value is -2.86. The predicted octanol–water partition coefficient (Wildman–Crippen LogP) is 4.90. The first-order valence-electron chi connectivity index (χ1n) is 11.7. The van der Waals surface area contributed by atoms with Crippen LogP contribution in [0.3, 0.4) is 0 Å². The Morgan fingerprint density at radius 2 is 1.85 bits per heavy atom. The van der Waals surface area contributed by atoms with Crippen molar-refractivity contribution < 1.29 is 14.7 Å². The van der Waals surface area contributed by atoms with Gasteiger partial charge in [-0.25, -0.2) is 4.98 Å². The highest BCUT2D eigenvalue weighted by Crippen LogP contribution is 2.34. The largest absolute Gasteiger partial charge is 0.481 e. The highest BCUT2D eigenvalue weighted by molar-refractivity contribution is 6.30. The highest BCUT2D eigenvalue weighted by Gasteiger charge is 2.31. The van der Waals surface area contributed by atoms with Crippen LogP contribution in [0.25, 0.3) is 11.0 Å². The van der Waals surface area contributed by atoms with Crippen molar-refractivity contribution in [3.8, 4) is 0 Å². The molecule has 0 bridgehead atoms. The minimum absolute atomic E-state index is 0.177. The number of rotatable bonds is 5. The molecule has 0 saturated heterocycles. The second kappa shape index (κ2) is 9.18. The minimum atomic E-state index is -0.703. The average Bonchev–Trinajstić information content (AvgIpc) is 3.14. The Kier molecular flexibility index (Phi) is 6.11. The molecular weight excluding hydrogens is 438 g/mol. The Balaban J connectivity index is 1.35. The first kappa shape index (κ1) is 22.0. The third-order valence-electron chi connectivity index (χ3n) is 7.28. The van der Waals surface area contributed by atoms with E-state index in [9.17, 15) is 14.7 Å². The van der Waals surface area contributed by atoms with Crippen molar-refractivity contribution in [2.75, 3.05) is 6.54 Å². The smallest absolute Gasteiger partial charge is 0.306 e. The average molecular weight is 466 g/mol. The number of fused-ring (bicyclic) bond motifs is 3. The van der Waals surface area contributed by atoms with Gasteiger partial charge in [0.25, 0.3) is 0 Å². The number of amides is 1. The molecule has 0 atom stereocenters. The molecule has 2 aromatic heterocycles. The van der Waals surface area contributed by atoms with Crippen LogP contribution in [0.1, 0.15) is 48.9 Å². The van der Waals surface area contributed by atoms with Gasteiger partial charge in [0.2, 0.25) is 5.91 Å². The second-order valence-corrected chi connectivity index (χ2v) is 9.77. The molecule has 1 aliphatic heterocycles. The molecular formula is C26H28ClN3O3. The monoisotopic (exact) mass is 465 g/mol. The molecule has 0 unspecified atom stereocenters. The fraction of sp³-hybridized carbons (Fsp3) is 0.423. The molecule has 2 aliphatic rings. The molecule has 1 N–H and O–H groups in total. The van der Waals surface area contributed by atoms with Crippen LogP contribution in [-0.2, 0) is 29.1 Å². The van der Waals surface area contributed by atoms with Crippen molar-refractivity contribution in [2.45, 2.75) is 51.6 Å². The number of hydrogen-bond acceptors (Lipinski definition) is 3. The van der Waals surface area contributed by atoms with E-state index in [0.29, 0.717) is 43.9 Å². The lowest BCUT2D eigenvalue weighted by Gasteiger charge is -2.31. The molecule has 5 rings (SSSR count). The third-order valence-corrected chi connectivity index (χ3v) is 7.53. The van der Waals surface area contributed by atoms with E-state index in [0.717, 1.165) is 36.2 Å². The second-order valence-electron chi connectivity index (χ2n) is 9.34. The van der Waals surface area contributed by atoms with Gasteiger partial charge in [0.15, 0.2) is 0 Å². The van der Waals surface area contributed by atoms with Crippen LogP contribution in [0.4, 0.5) is 0 Å². The van der Waals surface area contributed by atoms with Crippen LogP contribution in [0.15, 0.2) is 42.6 Å². The van der Waals surface area contributed by atoms with Gasteiger partial charge in [-0.3, -0.25) is 9.59 Å². The molecule has 3 aromatic rings. The van der Waals surface area contributed by atoms with E-state index in [4.69, 9.17) is 11.6 Å². The van der Waals surface area contributed by atoms with E-state index >= 15 is 0 Å². The number of carbonyl (C=O) groups excluding carboxylic acids is 1. The van der Waals surface area contributed by atoms with Crippen LogP contribution in [0, 0.1) is 11.8 Å². The molecule has 3 heterocycles. The van der Waals surface area contributed by atoms with E-state index in [1.807, 2.05) is 41.4 Å². The molecule has 172 valence electrons. The molecule has 7 heteroatoms. The first-order valence-corrected chi connectivity index (χ1v) is 12.1. The molecule has 1 fully saturated rings. The maximum absolute atomic E-state index is 13.2.